The van der Waals surface area contributed by atoms with E-state index in [-0.39, 0.29) is 6.10 Å². The summed E-state index contributed by atoms with van der Waals surface area (Å²) < 4.78 is 5.84. The van der Waals surface area contributed by atoms with Gasteiger partial charge < -0.3 is 14.5 Å². The molecule has 1 atom stereocenters. The van der Waals surface area contributed by atoms with Gasteiger partial charge in [0.05, 0.1) is 13.2 Å². The van der Waals surface area contributed by atoms with Gasteiger partial charge in [-0.3, -0.25) is 4.79 Å². The Hall–Kier alpha value is -1.55. The van der Waals surface area contributed by atoms with Crippen molar-refractivity contribution in [3.05, 3.63) is 29.8 Å². The second kappa shape index (κ2) is 5.44. The van der Waals surface area contributed by atoms with E-state index in [1.165, 1.54) is 5.69 Å². The second-order valence-corrected chi connectivity index (χ2v) is 5.90. The molecule has 1 aromatic carbocycles. The van der Waals surface area contributed by atoms with E-state index in [0.29, 0.717) is 25.0 Å². The number of amides is 1. The van der Waals surface area contributed by atoms with Crippen molar-refractivity contribution in [2.24, 2.45) is 5.92 Å². The molecule has 2 fully saturated rings. The number of morpholine rings is 1. The largest absolute Gasteiger partial charge is 0.378 e. The zero-order chi connectivity index (χ0) is 14.1. The molecule has 1 unspecified atom stereocenters. The molecule has 20 heavy (non-hydrogen) atoms. The molecule has 0 bridgehead atoms. The van der Waals surface area contributed by atoms with Gasteiger partial charge in [0.15, 0.2) is 0 Å². The minimum atomic E-state index is 0.0164. The highest BCUT2D eigenvalue weighted by Gasteiger charge is 2.35. The molecule has 1 heterocycles. The Morgan fingerprint density at radius 1 is 1.25 bits per heavy atom. The molecule has 108 valence electrons. The predicted molar refractivity (Wildman–Crippen MR) is 78.8 cm³/mol. The number of anilines is 1. The van der Waals surface area contributed by atoms with Crippen LogP contribution in [0.3, 0.4) is 0 Å². The third kappa shape index (κ3) is 2.80. The molecule has 0 spiro atoms. The molecule has 1 amide bonds. The quantitative estimate of drug-likeness (QED) is 0.846. The molecule has 0 aromatic heterocycles. The van der Waals surface area contributed by atoms with Crippen LogP contribution in [0.1, 0.15) is 24.5 Å². The summed E-state index contributed by atoms with van der Waals surface area (Å²) in [6, 6.07) is 8.40. The number of hydrogen-bond donors (Lipinski definition) is 0. The molecule has 3 rings (SSSR count). The van der Waals surface area contributed by atoms with Crippen LogP contribution in [0.5, 0.6) is 0 Å². The molecule has 4 nitrogen and oxygen atoms in total. The van der Waals surface area contributed by atoms with Gasteiger partial charge in [0.1, 0.15) is 6.10 Å². The fraction of sp³-hybridized carbons (Fsp3) is 0.562. The van der Waals surface area contributed by atoms with E-state index in [1.54, 1.807) is 0 Å². The van der Waals surface area contributed by atoms with Gasteiger partial charge in [-0.2, -0.15) is 0 Å². The van der Waals surface area contributed by atoms with Crippen molar-refractivity contribution < 1.29 is 9.53 Å². The van der Waals surface area contributed by atoms with Gasteiger partial charge in [0.25, 0.3) is 0 Å². The molecule has 0 N–H and O–H groups in total. The van der Waals surface area contributed by atoms with Crippen LogP contribution in [0, 0.1) is 5.92 Å². The summed E-state index contributed by atoms with van der Waals surface area (Å²) in [5.41, 5.74) is 2.33. The average Bonchev–Trinajstić information content (AvgIpc) is 3.31. The molecule has 0 radical (unpaired) electrons. The van der Waals surface area contributed by atoms with E-state index >= 15 is 0 Å². The molecule has 2 aliphatic rings. The molecular formula is C16H22N2O2. The Balaban J connectivity index is 1.68. The highest BCUT2D eigenvalue weighted by molar-refractivity contribution is 5.81. The fourth-order valence-corrected chi connectivity index (χ4v) is 2.63. The summed E-state index contributed by atoms with van der Waals surface area (Å²) in [6.45, 7) is 2.07. The van der Waals surface area contributed by atoms with Crippen LogP contribution in [0.2, 0.25) is 0 Å². The summed E-state index contributed by atoms with van der Waals surface area (Å²) in [5.74, 6) is 0.619. The van der Waals surface area contributed by atoms with Gasteiger partial charge in [0.2, 0.25) is 5.91 Å². The van der Waals surface area contributed by atoms with E-state index in [2.05, 4.69) is 29.2 Å². The van der Waals surface area contributed by atoms with E-state index in [1.807, 2.05) is 19.0 Å². The zero-order valence-corrected chi connectivity index (χ0v) is 12.2. The van der Waals surface area contributed by atoms with Crippen LogP contribution in [0.25, 0.3) is 0 Å². The number of rotatable bonds is 3. The first-order valence-electron chi connectivity index (χ1n) is 7.33. The molecule has 1 saturated carbocycles. The molecule has 1 aliphatic heterocycles. The van der Waals surface area contributed by atoms with Gasteiger partial charge in [-0.1, -0.05) is 12.1 Å². The predicted octanol–water partition coefficient (Wildman–Crippen LogP) is 2.06. The van der Waals surface area contributed by atoms with Crippen molar-refractivity contribution >= 4 is 11.6 Å². The van der Waals surface area contributed by atoms with E-state index in [4.69, 9.17) is 4.74 Å². The maximum absolute atomic E-state index is 12.1. The summed E-state index contributed by atoms with van der Waals surface area (Å²) in [7, 11) is 4.06. The van der Waals surface area contributed by atoms with Crippen molar-refractivity contribution in [3.63, 3.8) is 0 Å². The summed E-state index contributed by atoms with van der Waals surface area (Å²) in [5, 5.41) is 0. The summed E-state index contributed by atoms with van der Waals surface area (Å²) in [4.78, 5) is 16.2. The maximum Gasteiger partial charge on any atom is 0.225 e. The van der Waals surface area contributed by atoms with Crippen molar-refractivity contribution in [1.29, 1.82) is 0 Å². The highest BCUT2D eigenvalue weighted by atomic mass is 16.5. The number of carbonyl (C=O) groups is 1. The number of hydrogen-bond acceptors (Lipinski definition) is 3. The van der Waals surface area contributed by atoms with E-state index < -0.39 is 0 Å². The average molecular weight is 274 g/mol. The van der Waals surface area contributed by atoms with Gasteiger partial charge in [-0.25, -0.2) is 0 Å². The Bertz CT molecular complexity index is 480. The van der Waals surface area contributed by atoms with Crippen molar-refractivity contribution in [2.75, 3.05) is 38.7 Å². The van der Waals surface area contributed by atoms with Gasteiger partial charge in [-0.05, 0) is 30.5 Å². The van der Waals surface area contributed by atoms with Crippen LogP contribution >= 0.6 is 0 Å². The molecule has 1 aliphatic carbocycles. The standard InChI is InChI=1S/C16H22N2O2/c1-17(2)14-7-5-12(6-8-14)15-11-18(9-10-20-15)16(19)13-3-4-13/h5-8,13,15H,3-4,9-11H2,1-2H3. The molecular weight excluding hydrogens is 252 g/mol. The van der Waals surface area contributed by atoms with Crippen LogP contribution in [-0.2, 0) is 9.53 Å². The lowest BCUT2D eigenvalue weighted by Crippen LogP contribution is -2.43. The van der Waals surface area contributed by atoms with E-state index in [0.717, 1.165) is 24.9 Å². The fourth-order valence-electron chi connectivity index (χ4n) is 2.63. The third-order valence-corrected chi connectivity index (χ3v) is 4.09. The van der Waals surface area contributed by atoms with Gasteiger partial charge in [-0.15, -0.1) is 0 Å². The SMILES string of the molecule is CN(C)c1ccc(C2CN(C(=O)C3CC3)CCO2)cc1. The minimum Gasteiger partial charge on any atom is -0.378 e. The summed E-state index contributed by atoms with van der Waals surface area (Å²) in [6.07, 6.45) is 2.15. The Morgan fingerprint density at radius 2 is 1.95 bits per heavy atom. The van der Waals surface area contributed by atoms with Crippen molar-refractivity contribution in [3.8, 4) is 0 Å². The number of nitrogens with zero attached hydrogens (tertiary/aromatic N) is 2. The zero-order valence-electron chi connectivity index (χ0n) is 12.2. The van der Waals surface area contributed by atoms with Crippen LogP contribution in [0.15, 0.2) is 24.3 Å². The number of carbonyl (C=O) groups excluding carboxylic acids is 1. The molecule has 4 heteroatoms. The molecule has 1 saturated heterocycles. The first-order chi connectivity index (χ1) is 9.65. The lowest BCUT2D eigenvalue weighted by Gasteiger charge is -2.33. The molecule has 1 aromatic rings. The van der Waals surface area contributed by atoms with Crippen LogP contribution in [0.4, 0.5) is 5.69 Å². The third-order valence-electron chi connectivity index (χ3n) is 4.09. The van der Waals surface area contributed by atoms with Crippen LogP contribution < -0.4 is 4.90 Å². The minimum absolute atomic E-state index is 0.0164. The Labute approximate surface area is 120 Å². The topological polar surface area (TPSA) is 32.8 Å². The second-order valence-electron chi connectivity index (χ2n) is 5.90. The van der Waals surface area contributed by atoms with Gasteiger partial charge >= 0.3 is 0 Å². The monoisotopic (exact) mass is 274 g/mol. The first-order valence-corrected chi connectivity index (χ1v) is 7.33. The van der Waals surface area contributed by atoms with Crippen LogP contribution in [-0.4, -0.2) is 44.6 Å². The number of ether oxygens (including phenoxy) is 1. The lowest BCUT2D eigenvalue weighted by atomic mass is 10.1. The highest BCUT2D eigenvalue weighted by Crippen LogP contribution is 2.33. The normalized spacial score (nSPS) is 22.7. The smallest absolute Gasteiger partial charge is 0.225 e. The van der Waals surface area contributed by atoms with E-state index in [9.17, 15) is 4.79 Å². The number of benzene rings is 1. The van der Waals surface area contributed by atoms with Crippen molar-refractivity contribution in [1.82, 2.24) is 4.90 Å². The Morgan fingerprint density at radius 3 is 2.55 bits per heavy atom. The maximum atomic E-state index is 12.1. The van der Waals surface area contributed by atoms with Gasteiger partial charge in [0, 0.05) is 32.2 Å². The van der Waals surface area contributed by atoms with Crippen molar-refractivity contribution in [2.45, 2.75) is 18.9 Å². The lowest BCUT2D eigenvalue weighted by molar-refractivity contribution is -0.140. The first kappa shape index (κ1) is 13.4. The summed E-state index contributed by atoms with van der Waals surface area (Å²) >= 11 is 0. The Kier molecular flexibility index (Phi) is 3.66.